The van der Waals surface area contributed by atoms with Crippen LogP contribution in [0.5, 0.6) is 0 Å². The van der Waals surface area contributed by atoms with E-state index in [4.69, 9.17) is 9.47 Å². The molecule has 1 N–H and O–H groups in total. The Hall–Kier alpha value is -0.120. The number of rotatable bonds is 0. The lowest BCUT2D eigenvalue weighted by atomic mass is 9.85. The number of ether oxygens (including phenoxy) is 2. The Balaban J connectivity index is 1.69. The normalized spacial score (nSPS) is 33.0. The van der Waals surface area contributed by atoms with E-state index in [0.29, 0.717) is 0 Å². The summed E-state index contributed by atoms with van der Waals surface area (Å²) in [5.74, 6) is 0. The van der Waals surface area contributed by atoms with E-state index in [1.165, 1.54) is 44.9 Å². The molecule has 1 saturated carbocycles. The van der Waals surface area contributed by atoms with Crippen LogP contribution >= 0.6 is 0 Å². The van der Waals surface area contributed by atoms with Crippen LogP contribution in [0.4, 0.5) is 0 Å². The van der Waals surface area contributed by atoms with Gasteiger partial charge in [0.25, 0.3) is 0 Å². The van der Waals surface area contributed by atoms with Crippen LogP contribution in [0.25, 0.3) is 0 Å². The highest BCUT2D eigenvalue weighted by molar-refractivity contribution is 5.02. The predicted octanol–water partition coefficient (Wildman–Crippen LogP) is 2.21. The molecule has 16 heavy (non-hydrogen) atoms. The molecule has 92 valence electrons. The maximum atomic E-state index is 6.11. The van der Waals surface area contributed by atoms with Gasteiger partial charge in [0.1, 0.15) is 5.72 Å². The highest BCUT2D eigenvalue weighted by Gasteiger charge is 2.48. The third-order valence-corrected chi connectivity index (χ3v) is 4.37. The molecule has 0 aromatic carbocycles. The molecular formula is C13H23NO2. The summed E-state index contributed by atoms with van der Waals surface area (Å²) in [6.07, 6.45) is 10.3. The van der Waals surface area contributed by atoms with Gasteiger partial charge in [-0.1, -0.05) is 19.3 Å². The van der Waals surface area contributed by atoms with E-state index in [9.17, 15) is 0 Å². The number of nitrogens with one attached hydrogen (secondary N) is 1. The van der Waals surface area contributed by atoms with E-state index in [2.05, 4.69) is 5.32 Å². The fraction of sp³-hybridized carbons (Fsp3) is 1.00. The number of hydrogen-bond donors (Lipinski definition) is 1. The zero-order valence-corrected chi connectivity index (χ0v) is 10.1. The zero-order valence-electron chi connectivity index (χ0n) is 10.1. The van der Waals surface area contributed by atoms with Crippen molar-refractivity contribution in [2.24, 2.45) is 0 Å². The van der Waals surface area contributed by atoms with Gasteiger partial charge in [-0.05, 0) is 32.1 Å². The summed E-state index contributed by atoms with van der Waals surface area (Å²) in [7, 11) is 0. The van der Waals surface area contributed by atoms with Crippen LogP contribution in [0.1, 0.15) is 51.4 Å². The van der Waals surface area contributed by atoms with Crippen LogP contribution in [0.15, 0.2) is 0 Å². The van der Waals surface area contributed by atoms with Crippen LogP contribution < -0.4 is 5.32 Å². The van der Waals surface area contributed by atoms with Gasteiger partial charge in [-0.2, -0.15) is 0 Å². The second kappa shape index (κ2) is 4.28. The minimum atomic E-state index is -0.0115. The minimum absolute atomic E-state index is 0.0115. The first-order valence-corrected chi connectivity index (χ1v) is 6.84. The van der Waals surface area contributed by atoms with Crippen molar-refractivity contribution in [2.45, 2.75) is 62.6 Å². The first-order chi connectivity index (χ1) is 7.83. The molecule has 0 radical (unpaired) electrons. The van der Waals surface area contributed by atoms with Gasteiger partial charge in [-0.3, -0.25) is 5.32 Å². The highest BCUT2D eigenvalue weighted by atomic mass is 16.5. The van der Waals surface area contributed by atoms with Crippen molar-refractivity contribution in [1.82, 2.24) is 5.32 Å². The van der Waals surface area contributed by atoms with Gasteiger partial charge in [0.2, 0.25) is 0 Å². The largest absolute Gasteiger partial charge is 0.377 e. The molecule has 3 heteroatoms. The van der Waals surface area contributed by atoms with E-state index in [0.717, 1.165) is 26.2 Å². The van der Waals surface area contributed by atoms with Crippen molar-refractivity contribution in [3.8, 4) is 0 Å². The Labute approximate surface area is 97.9 Å². The van der Waals surface area contributed by atoms with E-state index in [1.807, 2.05) is 0 Å². The van der Waals surface area contributed by atoms with Crippen LogP contribution in [0.3, 0.4) is 0 Å². The lowest BCUT2D eigenvalue weighted by Gasteiger charge is -2.53. The Morgan fingerprint density at radius 1 is 0.812 bits per heavy atom. The van der Waals surface area contributed by atoms with Crippen LogP contribution in [0, 0.1) is 0 Å². The molecule has 1 aliphatic carbocycles. The molecule has 0 unspecified atom stereocenters. The van der Waals surface area contributed by atoms with Gasteiger partial charge in [0, 0.05) is 0 Å². The van der Waals surface area contributed by atoms with Gasteiger partial charge >= 0.3 is 0 Å². The topological polar surface area (TPSA) is 30.5 Å². The Morgan fingerprint density at radius 2 is 1.50 bits per heavy atom. The molecule has 0 amide bonds. The molecule has 0 aromatic rings. The van der Waals surface area contributed by atoms with Gasteiger partial charge in [0.05, 0.1) is 25.4 Å². The Morgan fingerprint density at radius 3 is 2.12 bits per heavy atom. The molecule has 3 nitrogen and oxygen atoms in total. The standard InChI is InChI=1S/C13H23NO2/c1-2-4-6-13(7-5-3-1)14-12(8-9-16-13)10-15-11-12/h14H,1-11H2. The summed E-state index contributed by atoms with van der Waals surface area (Å²) in [5, 5.41) is 3.80. The van der Waals surface area contributed by atoms with E-state index >= 15 is 0 Å². The quantitative estimate of drug-likeness (QED) is 0.685. The first kappa shape index (κ1) is 11.0. The predicted molar refractivity (Wildman–Crippen MR) is 62.3 cm³/mol. The van der Waals surface area contributed by atoms with E-state index < -0.39 is 0 Å². The Bertz CT molecular complexity index is 242. The molecule has 3 fully saturated rings. The molecule has 0 aromatic heterocycles. The van der Waals surface area contributed by atoms with Gasteiger partial charge in [0.15, 0.2) is 0 Å². The summed E-state index contributed by atoms with van der Waals surface area (Å²) < 4.78 is 11.5. The van der Waals surface area contributed by atoms with E-state index in [-0.39, 0.29) is 11.3 Å². The average Bonchev–Trinajstić information content (AvgIpc) is 2.23. The molecule has 2 saturated heterocycles. The zero-order chi connectivity index (χ0) is 10.9. The summed E-state index contributed by atoms with van der Waals surface area (Å²) in [6.45, 7) is 2.69. The summed E-state index contributed by atoms with van der Waals surface area (Å²) >= 11 is 0. The smallest absolute Gasteiger partial charge is 0.119 e. The SMILES string of the molecule is C1CCCC2(CCC1)NC1(CCO2)COC1. The summed E-state index contributed by atoms with van der Waals surface area (Å²) in [4.78, 5) is 0. The Kier molecular flexibility index (Phi) is 2.94. The van der Waals surface area contributed by atoms with Gasteiger partial charge in [-0.25, -0.2) is 0 Å². The van der Waals surface area contributed by atoms with Crippen LogP contribution in [-0.2, 0) is 9.47 Å². The summed E-state index contributed by atoms with van der Waals surface area (Å²) in [5.41, 5.74) is 0.250. The lowest BCUT2D eigenvalue weighted by Crippen LogP contribution is -2.71. The molecule has 3 aliphatic rings. The molecule has 2 aliphatic heterocycles. The summed E-state index contributed by atoms with van der Waals surface area (Å²) in [6, 6.07) is 0. The molecular weight excluding hydrogens is 202 g/mol. The van der Waals surface area contributed by atoms with Crippen molar-refractivity contribution in [3.63, 3.8) is 0 Å². The van der Waals surface area contributed by atoms with Gasteiger partial charge in [-0.15, -0.1) is 0 Å². The molecule has 0 atom stereocenters. The minimum Gasteiger partial charge on any atom is -0.377 e. The van der Waals surface area contributed by atoms with Crippen molar-refractivity contribution in [1.29, 1.82) is 0 Å². The number of hydrogen-bond acceptors (Lipinski definition) is 3. The monoisotopic (exact) mass is 225 g/mol. The highest BCUT2D eigenvalue weighted by Crippen LogP contribution is 2.36. The second-order valence-corrected chi connectivity index (χ2v) is 5.76. The fourth-order valence-corrected chi connectivity index (χ4v) is 3.33. The maximum Gasteiger partial charge on any atom is 0.119 e. The first-order valence-electron chi connectivity index (χ1n) is 6.84. The van der Waals surface area contributed by atoms with Gasteiger partial charge < -0.3 is 9.47 Å². The third-order valence-electron chi connectivity index (χ3n) is 4.37. The van der Waals surface area contributed by atoms with Crippen LogP contribution in [-0.4, -0.2) is 31.1 Å². The lowest BCUT2D eigenvalue weighted by molar-refractivity contribution is -0.203. The molecule has 0 bridgehead atoms. The third kappa shape index (κ3) is 2.01. The maximum absolute atomic E-state index is 6.11. The van der Waals surface area contributed by atoms with Crippen molar-refractivity contribution in [3.05, 3.63) is 0 Å². The van der Waals surface area contributed by atoms with Crippen molar-refractivity contribution in [2.75, 3.05) is 19.8 Å². The van der Waals surface area contributed by atoms with Crippen LogP contribution in [0.2, 0.25) is 0 Å². The molecule has 3 rings (SSSR count). The van der Waals surface area contributed by atoms with E-state index in [1.54, 1.807) is 0 Å². The average molecular weight is 225 g/mol. The fourth-order valence-electron chi connectivity index (χ4n) is 3.33. The molecule has 2 heterocycles. The second-order valence-electron chi connectivity index (χ2n) is 5.76. The van der Waals surface area contributed by atoms with Crippen molar-refractivity contribution < 1.29 is 9.47 Å². The molecule has 2 spiro atoms. The van der Waals surface area contributed by atoms with Crippen molar-refractivity contribution >= 4 is 0 Å².